The maximum atomic E-state index is 13.3. The van der Waals surface area contributed by atoms with Crippen LogP contribution >= 0.6 is 0 Å². The topological polar surface area (TPSA) is 107 Å². The van der Waals surface area contributed by atoms with Crippen molar-refractivity contribution in [1.29, 1.82) is 0 Å². The van der Waals surface area contributed by atoms with Crippen LogP contribution < -0.4 is 5.32 Å². The Morgan fingerprint density at radius 3 is 2.00 bits per heavy atom. The van der Waals surface area contributed by atoms with Crippen LogP contribution in [0.3, 0.4) is 0 Å². The summed E-state index contributed by atoms with van der Waals surface area (Å²) in [6.07, 6.45) is 1.47. The van der Waals surface area contributed by atoms with Crippen molar-refractivity contribution in [3.05, 3.63) is 71.8 Å². The molecule has 9 heteroatoms. The van der Waals surface area contributed by atoms with E-state index in [-0.39, 0.29) is 38.7 Å². The van der Waals surface area contributed by atoms with Gasteiger partial charge in [-0.05, 0) is 24.5 Å². The lowest BCUT2D eigenvalue weighted by Crippen LogP contribution is -2.51. The van der Waals surface area contributed by atoms with Crippen LogP contribution in [0, 0.1) is 0 Å². The minimum atomic E-state index is -3.67. The molecule has 0 aromatic heterocycles. The normalized spacial score (nSPS) is 12.4. The summed E-state index contributed by atoms with van der Waals surface area (Å²) in [6.45, 7) is 1.69. The third-order valence-corrected chi connectivity index (χ3v) is 6.18. The SMILES string of the molecule is C[C@H](C(=O)NCCCO)N(Cc1ccccc1)C(=O)CN(Cc1ccccc1)S(C)(=O)=O. The highest BCUT2D eigenvalue weighted by atomic mass is 32.2. The first kappa shape index (κ1) is 25.5. The van der Waals surface area contributed by atoms with E-state index in [4.69, 9.17) is 5.11 Å². The van der Waals surface area contributed by atoms with Gasteiger partial charge in [-0.3, -0.25) is 9.59 Å². The van der Waals surface area contributed by atoms with Gasteiger partial charge in [0.15, 0.2) is 0 Å². The van der Waals surface area contributed by atoms with E-state index in [0.717, 1.165) is 21.7 Å². The number of sulfonamides is 1. The van der Waals surface area contributed by atoms with Crippen LogP contribution in [0.1, 0.15) is 24.5 Å². The Bertz CT molecular complexity index is 968. The molecule has 1 atom stereocenters. The molecule has 0 saturated heterocycles. The second-order valence-corrected chi connectivity index (χ2v) is 9.55. The molecule has 8 nitrogen and oxygen atoms in total. The van der Waals surface area contributed by atoms with Gasteiger partial charge in [0.2, 0.25) is 21.8 Å². The average Bonchev–Trinajstić information content (AvgIpc) is 2.77. The van der Waals surface area contributed by atoms with Gasteiger partial charge in [-0.1, -0.05) is 60.7 Å². The Morgan fingerprint density at radius 1 is 0.969 bits per heavy atom. The highest BCUT2D eigenvalue weighted by molar-refractivity contribution is 7.88. The van der Waals surface area contributed by atoms with Gasteiger partial charge in [-0.15, -0.1) is 0 Å². The molecular weight excluding hydrogens is 430 g/mol. The zero-order chi connectivity index (χ0) is 23.6. The van der Waals surface area contributed by atoms with Gasteiger partial charge in [-0.25, -0.2) is 8.42 Å². The van der Waals surface area contributed by atoms with E-state index in [1.165, 1.54) is 4.90 Å². The molecule has 0 radical (unpaired) electrons. The molecule has 2 N–H and O–H groups in total. The number of carbonyl (C=O) groups is 2. The molecule has 0 aliphatic rings. The summed E-state index contributed by atoms with van der Waals surface area (Å²) >= 11 is 0. The van der Waals surface area contributed by atoms with Crippen molar-refractivity contribution in [3.8, 4) is 0 Å². The van der Waals surface area contributed by atoms with Crippen LogP contribution in [-0.4, -0.2) is 66.5 Å². The van der Waals surface area contributed by atoms with Crippen LogP contribution in [0.15, 0.2) is 60.7 Å². The fourth-order valence-electron chi connectivity index (χ4n) is 3.12. The monoisotopic (exact) mass is 461 g/mol. The molecule has 0 aliphatic carbocycles. The number of carbonyl (C=O) groups excluding carboxylic acids is 2. The highest BCUT2D eigenvalue weighted by Gasteiger charge is 2.29. The average molecular weight is 462 g/mol. The fraction of sp³-hybridized carbons (Fsp3) is 0.391. The minimum Gasteiger partial charge on any atom is -0.396 e. The summed E-state index contributed by atoms with van der Waals surface area (Å²) in [5.74, 6) is -0.836. The van der Waals surface area contributed by atoms with Gasteiger partial charge in [0.25, 0.3) is 0 Å². The van der Waals surface area contributed by atoms with Crippen molar-refractivity contribution in [2.45, 2.75) is 32.5 Å². The van der Waals surface area contributed by atoms with Crippen LogP contribution in [0.5, 0.6) is 0 Å². The number of aliphatic hydroxyl groups is 1. The molecule has 0 saturated carbocycles. The van der Waals surface area contributed by atoms with Crippen LogP contribution in [0.25, 0.3) is 0 Å². The molecule has 0 bridgehead atoms. The Kier molecular flexibility index (Phi) is 9.83. The smallest absolute Gasteiger partial charge is 0.242 e. The van der Waals surface area contributed by atoms with E-state index >= 15 is 0 Å². The van der Waals surface area contributed by atoms with E-state index in [2.05, 4.69) is 5.32 Å². The molecule has 0 fully saturated rings. The third kappa shape index (κ3) is 8.07. The number of amides is 2. The summed E-state index contributed by atoms with van der Waals surface area (Å²) in [6, 6.07) is 17.4. The molecule has 174 valence electrons. The molecule has 2 aromatic carbocycles. The van der Waals surface area contributed by atoms with E-state index in [1.807, 2.05) is 36.4 Å². The summed E-state index contributed by atoms with van der Waals surface area (Å²) in [5, 5.41) is 11.6. The third-order valence-electron chi connectivity index (χ3n) is 4.98. The highest BCUT2D eigenvalue weighted by Crippen LogP contribution is 2.13. The number of nitrogens with zero attached hydrogens (tertiary/aromatic N) is 2. The number of rotatable bonds is 12. The molecule has 0 unspecified atom stereocenters. The summed E-state index contributed by atoms with van der Waals surface area (Å²) < 4.78 is 25.9. The lowest BCUT2D eigenvalue weighted by atomic mass is 10.1. The zero-order valence-electron chi connectivity index (χ0n) is 18.5. The van der Waals surface area contributed by atoms with Gasteiger partial charge in [0, 0.05) is 26.2 Å². The van der Waals surface area contributed by atoms with Crippen molar-refractivity contribution < 1.29 is 23.1 Å². The van der Waals surface area contributed by atoms with Crippen LogP contribution in [-0.2, 0) is 32.7 Å². The van der Waals surface area contributed by atoms with E-state index in [0.29, 0.717) is 6.42 Å². The number of hydrogen-bond acceptors (Lipinski definition) is 5. The number of aliphatic hydroxyl groups excluding tert-OH is 1. The molecule has 2 aromatic rings. The molecule has 32 heavy (non-hydrogen) atoms. The van der Waals surface area contributed by atoms with E-state index in [1.54, 1.807) is 31.2 Å². The van der Waals surface area contributed by atoms with Gasteiger partial charge in [0.1, 0.15) is 6.04 Å². The predicted octanol–water partition coefficient (Wildman–Crippen LogP) is 1.36. The van der Waals surface area contributed by atoms with Crippen molar-refractivity contribution >= 4 is 21.8 Å². The van der Waals surface area contributed by atoms with E-state index < -0.39 is 22.0 Å². The van der Waals surface area contributed by atoms with Gasteiger partial charge in [0.05, 0.1) is 12.8 Å². The maximum absolute atomic E-state index is 13.3. The summed E-state index contributed by atoms with van der Waals surface area (Å²) in [5.41, 5.74) is 1.58. The first-order valence-electron chi connectivity index (χ1n) is 10.4. The Morgan fingerprint density at radius 2 is 1.50 bits per heavy atom. The van der Waals surface area contributed by atoms with Crippen molar-refractivity contribution in [2.75, 3.05) is 26.0 Å². The standard InChI is InChI=1S/C23H31N3O5S/c1-19(23(29)24-14-9-15-27)26(17-21-12-7-4-8-13-21)22(28)18-25(32(2,30)31)16-20-10-5-3-6-11-20/h3-8,10-13,19,27H,9,14-18H2,1-2H3,(H,24,29)/t19-/m1/s1. The van der Waals surface area contributed by atoms with Gasteiger partial charge in [-0.2, -0.15) is 4.31 Å². The second-order valence-electron chi connectivity index (χ2n) is 7.57. The quantitative estimate of drug-likeness (QED) is 0.464. The molecule has 0 aliphatic heterocycles. The largest absolute Gasteiger partial charge is 0.396 e. The van der Waals surface area contributed by atoms with Gasteiger partial charge >= 0.3 is 0 Å². The Labute approximate surface area is 189 Å². The Balaban J connectivity index is 2.23. The maximum Gasteiger partial charge on any atom is 0.242 e. The first-order valence-corrected chi connectivity index (χ1v) is 12.3. The molecule has 0 spiro atoms. The lowest BCUT2D eigenvalue weighted by Gasteiger charge is -2.31. The minimum absolute atomic E-state index is 0.0515. The molecule has 2 rings (SSSR count). The molecule has 0 heterocycles. The summed E-state index contributed by atoms with van der Waals surface area (Å²) in [7, 11) is -3.67. The number of benzene rings is 2. The van der Waals surface area contributed by atoms with E-state index in [9.17, 15) is 18.0 Å². The van der Waals surface area contributed by atoms with Crippen molar-refractivity contribution in [3.63, 3.8) is 0 Å². The first-order chi connectivity index (χ1) is 15.2. The van der Waals surface area contributed by atoms with Gasteiger partial charge < -0.3 is 15.3 Å². The molecular formula is C23H31N3O5S. The van der Waals surface area contributed by atoms with Crippen molar-refractivity contribution in [2.24, 2.45) is 0 Å². The number of nitrogens with one attached hydrogen (secondary N) is 1. The zero-order valence-corrected chi connectivity index (χ0v) is 19.3. The fourth-order valence-corrected chi connectivity index (χ4v) is 3.85. The molecule has 2 amide bonds. The number of hydrogen-bond donors (Lipinski definition) is 2. The Hall–Kier alpha value is -2.75. The lowest BCUT2D eigenvalue weighted by molar-refractivity contribution is -0.140. The summed E-state index contributed by atoms with van der Waals surface area (Å²) in [4.78, 5) is 27.3. The predicted molar refractivity (Wildman–Crippen MR) is 123 cm³/mol. The second kappa shape index (κ2) is 12.3. The van der Waals surface area contributed by atoms with Crippen LogP contribution in [0.2, 0.25) is 0 Å². The van der Waals surface area contributed by atoms with Crippen molar-refractivity contribution in [1.82, 2.24) is 14.5 Å². The van der Waals surface area contributed by atoms with Crippen LogP contribution in [0.4, 0.5) is 0 Å².